The molecule has 0 spiro atoms. The number of aromatic nitrogens is 4. The Balaban J connectivity index is 1.52. The molecule has 3 aromatic rings. The van der Waals surface area contributed by atoms with E-state index in [1.807, 2.05) is 50.1 Å². The summed E-state index contributed by atoms with van der Waals surface area (Å²) in [6.07, 6.45) is 15.5. The SMILES string of the molecule is CCCC(CC[C@@H]1C=CC=CN1C(=O)C(C)(C)C)Nc1nc(-c2c[nH]c3ncc(Cl)cc23)ncc1F. The summed E-state index contributed by atoms with van der Waals surface area (Å²) in [5.74, 6) is 0.102. The lowest BCUT2D eigenvalue weighted by Gasteiger charge is -2.34. The van der Waals surface area contributed by atoms with Crippen molar-refractivity contribution in [1.29, 1.82) is 0 Å². The number of hydrogen-bond donors (Lipinski definition) is 2. The fraction of sp³-hybridized carbons (Fsp3) is 0.407. The summed E-state index contributed by atoms with van der Waals surface area (Å²) in [6.45, 7) is 7.87. The van der Waals surface area contributed by atoms with Crippen LogP contribution in [0.2, 0.25) is 5.02 Å². The van der Waals surface area contributed by atoms with Crippen molar-refractivity contribution >= 4 is 34.4 Å². The van der Waals surface area contributed by atoms with Crippen molar-refractivity contribution in [2.24, 2.45) is 5.41 Å². The van der Waals surface area contributed by atoms with Crippen LogP contribution in [-0.2, 0) is 4.79 Å². The van der Waals surface area contributed by atoms with Crippen LogP contribution in [-0.4, -0.2) is 42.8 Å². The summed E-state index contributed by atoms with van der Waals surface area (Å²) in [5.41, 5.74) is 0.882. The van der Waals surface area contributed by atoms with Crippen LogP contribution in [0, 0.1) is 11.2 Å². The van der Waals surface area contributed by atoms with Crippen LogP contribution < -0.4 is 5.32 Å². The van der Waals surface area contributed by atoms with Crippen molar-refractivity contribution in [3.63, 3.8) is 0 Å². The average molecular weight is 511 g/mol. The standard InChI is InChI=1S/C27H32ClFN6O/c1-5-8-18(10-11-19-9-6-7-12-35(19)26(36)27(2,3)4)33-25-22(29)16-32-24(34-25)21-15-31-23-20(21)13-17(28)14-30-23/h6-7,9,12-16,18-19H,5,8,10-11H2,1-4H3,(H,30,31)(H,32,33,34)/t18?,19-/m0/s1. The molecule has 36 heavy (non-hydrogen) atoms. The molecule has 1 amide bonds. The van der Waals surface area contributed by atoms with Crippen LogP contribution >= 0.6 is 11.6 Å². The molecule has 1 aliphatic rings. The number of rotatable bonds is 8. The highest BCUT2D eigenvalue weighted by Crippen LogP contribution is 2.29. The second-order valence-electron chi connectivity index (χ2n) is 10.1. The molecule has 1 unspecified atom stereocenters. The van der Waals surface area contributed by atoms with E-state index in [1.54, 1.807) is 18.5 Å². The van der Waals surface area contributed by atoms with Gasteiger partial charge in [-0.05, 0) is 31.4 Å². The molecule has 2 N–H and O–H groups in total. The molecule has 2 atom stereocenters. The minimum absolute atomic E-state index is 0.0165. The number of carbonyl (C=O) groups is 1. The third-order valence-electron chi connectivity index (χ3n) is 6.20. The number of aromatic amines is 1. The topological polar surface area (TPSA) is 86.8 Å². The molecule has 0 aromatic carbocycles. The lowest BCUT2D eigenvalue weighted by molar-refractivity contribution is -0.138. The van der Waals surface area contributed by atoms with Crippen molar-refractivity contribution in [2.45, 2.75) is 65.5 Å². The van der Waals surface area contributed by atoms with Crippen LogP contribution in [0.4, 0.5) is 10.2 Å². The smallest absolute Gasteiger partial charge is 0.232 e. The van der Waals surface area contributed by atoms with E-state index < -0.39 is 11.2 Å². The normalized spacial score (nSPS) is 16.5. The van der Waals surface area contributed by atoms with Crippen LogP contribution in [0.25, 0.3) is 22.4 Å². The monoisotopic (exact) mass is 510 g/mol. The molecule has 0 bridgehead atoms. The number of allylic oxidation sites excluding steroid dienone is 2. The van der Waals surface area contributed by atoms with Crippen molar-refractivity contribution < 1.29 is 9.18 Å². The second-order valence-corrected chi connectivity index (χ2v) is 10.5. The van der Waals surface area contributed by atoms with Gasteiger partial charge in [0.2, 0.25) is 5.91 Å². The van der Waals surface area contributed by atoms with Crippen molar-refractivity contribution in [3.8, 4) is 11.4 Å². The van der Waals surface area contributed by atoms with E-state index in [-0.39, 0.29) is 23.8 Å². The van der Waals surface area contributed by atoms with Gasteiger partial charge in [0.15, 0.2) is 17.5 Å². The zero-order valence-corrected chi connectivity index (χ0v) is 21.8. The van der Waals surface area contributed by atoms with E-state index in [2.05, 4.69) is 32.2 Å². The Hall–Kier alpha value is -3.26. The van der Waals surface area contributed by atoms with Gasteiger partial charge in [-0.15, -0.1) is 0 Å². The Morgan fingerprint density at radius 3 is 2.81 bits per heavy atom. The molecule has 1 aliphatic heterocycles. The molecule has 4 rings (SSSR count). The number of nitrogens with one attached hydrogen (secondary N) is 2. The number of carbonyl (C=O) groups excluding carboxylic acids is 1. The molecule has 0 saturated heterocycles. The number of nitrogens with zero attached hydrogens (tertiary/aromatic N) is 4. The number of hydrogen-bond acceptors (Lipinski definition) is 5. The van der Waals surface area contributed by atoms with Gasteiger partial charge in [-0.25, -0.2) is 19.3 Å². The third-order valence-corrected chi connectivity index (χ3v) is 6.40. The van der Waals surface area contributed by atoms with E-state index in [1.165, 1.54) is 6.20 Å². The number of fused-ring (bicyclic) bond motifs is 1. The summed E-state index contributed by atoms with van der Waals surface area (Å²) in [7, 11) is 0. The third kappa shape index (κ3) is 5.75. The number of halogens is 2. The Morgan fingerprint density at radius 2 is 2.06 bits per heavy atom. The number of anilines is 1. The maximum absolute atomic E-state index is 14.8. The van der Waals surface area contributed by atoms with Crippen molar-refractivity contribution in [3.05, 3.63) is 59.9 Å². The summed E-state index contributed by atoms with van der Waals surface area (Å²) < 4.78 is 14.8. The Bertz CT molecular complexity index is 1300. The zero-order chi connectivity index (χ0) is 25.9. The second kappa shape index (κ2) is 10.8. The fourth-order valence-electron chi connectivity index (χ4n) is 4.34. The van der Waals surface area contributed by atoms with Crippen LogP contribution in [0.1, 0.15) is 53.4 Å². The summed E-state index contributed by atoms with van der Waals surface area (Å²) >= 11 is 6.13. The minimum Gasteiger partial charge on any atom is -0.365 e. The Kier molecular flexibility index (Phi) is 7.73. The zero-order valence-electron chi connectivity index (χ0n) is 21.1. The molecule has 0 aliphatic carbocycles. The first-order chi connectivity index (χ1) is 17.2. The average Bonchev–Trinajstić information content (AvgIpc) is 3.26. The van der Waals surface area contributed by atoms with E-state index in [4.69, 9.17) is 11.6 Å². The molecule has 3 aromatic heterocycles. The molecule has 190 valence electrons. The predicted octanol–water partition coefficient (Wildman–Crippen LogP) is 6.50. The first-order valence-corrected chi connectivity index (χ1v) is 12.6. The van der Waals surface area contributed by atoms with Gasteiger partial charge in [-0.1, -0.05) is 57.9 Å². The number of pyridine rings is 1. The first kappa shape index (κ1) is 25.8. The molecule has 7 nitrogen and oxygen atoms in total. The van der Waals surface area contributed by atoms with E-state index in [9.17, 15) is 9.18 Å². The quantitative estimate of drug-likeness (QED) is 0.361. The Labute approximate surface area is 215 Å². The molecule has 0 saturated carbocycles. The van der Waals surface area contributed by atoms with E-state index in [0.717, 1.165) is 31.1 Å². The number of H-pyrrole nitrogens is 1. The highest BCUT2D eigenvalue weighted by atomic mass is 35.5. The molecular formula is C27H32ClFN6O. The first-order valence-electron chi connectivity index (χ1n) is 12.3. The van der Waals surface area contributed by atoms with Gasteiger partial charge in [0, 0.05) is 41.0 Å². The van der Waals surface area contributed by atoms with Crippen LogP contribution in [0.15, 0.2) is 49.1 Å². The molecule has 0 radical (unpaired) electrons. The Morgan fingerprint density at radius 1 is 1.25 bits per heavy atom. The lowest BCUT2D eigenvalue weighted by atomic mass is 9.92. The lowest BCUT2D eigenvalue weighted by Crippen LogP contribution is -2.43. The van der Waals surface area contributed by atoms with Gasteiger partial charge in [-0.2, -0.15) is 0 Å². The number of amides is 1. The molecular weight excluding hydrogens is 479 g/mol. The summed E-state index contributed by atoms with van der Waals surface area (Å²) in [5, 5.41) is 4.57. The minimum atomic E-state index is -0.513. The predicted molar refractivity (Wildman–Crippen MR) is 142 cm³/mol. The summed E-state index contributed by atoms with van der Waals surface area (Å²) in [6, 6.07) is 1.72. The van der Waals surface area contributed by atoms with Gasteiger partial charge in [0.1, 0.15) is 5.65 Å². The van der Waals surface area contributed by atoms with Gasteiger partial charge < -0.3 is 15.2 Å². The largest absolute Gasteiger partial charge is 0.365 e. The molecule has 4 heterocycles. The van der Waals surface area contributed by atoms with Gasteiger partial charge in [-0.3, -0.25) is 4.79 Å². The van der Waals surface area contributed by atoms with Crippen LogP contribution in [0.3, 0.4) is 0 Å². The summed E-state index contributed by atoms with van der Waals surface area (Å²) in [4.78, 5) is 30.8. The fourth-order valence-corrected chi connectivity index (χ4v) is 4.50. The van der Waals surface area contributed by atoms with Gasteiger partial charge >= 0.3 is 0 Å². The highest BCUT2D eigenvalue weighted by molar-refractivity contribution is 6.31. The van der Waals surface area contributed by atoms with Crippen molar-refractivity contribution in [1.82, 2.24) is 24.8 Å². The highest BCUT2D eigenvalue weighted by Gasteiger charge is 2.31. The van der Waals surface area contributed by atoms with E-state index >= 15 is 0 Å². The van der Waals surface area contributed by atoms with Gasteiger partial charge in [0.05, 0.1) is 17.3 Å². The van der Waals surface area contributed by atoms with E-state index in [0.29, 0.717) is 22.1 Å². The van der Waals surface area contributed by atoms with Crippen LogP contribution in [0.5, 0.6) is 0 Å². The molecule has 9 heteroatoms. The maximum atomic E-state index is 14.8. The van der Waals surface area contributed by atoms with Crippen molar-refractivity contribution in [2.75, 3.05) is 5.32 Å². The van der Waals surface area contributed by atoms with Gasteiger partial charge in [0.25, 0.3) is 0 Å². The molecule has 0 fully saturated rings. The maximum Gasteiger partial charge on any atom is 0.232 e.